The van der Waals surface area contributed by atoms with Crippen LogP contribution >= 0.6 is 0 Å². The third-order valence-electron chi connectivity index (χ3n) is 2.98. The van der Waals surface area contributed by atoms with Crippen molar-refractivity contribution in [3.8, 4) is 0 Å². The maximum absolute atomic E-state index is 9.47. The van der Waals surface area contributed by atoms with Gasteiger partial charge in [0.25, 0.3) is 0 Å². The second-order valence-corrected chi connectivity index (χ2v) is 3.91. The van der Waals surface area contributed by atoms with E-state index in [0.717, 1.165) is 19.3 Å². The van der Waals surface area contributed by atoms with Crippen LogP contribution in [0.4, 0.5) is 5.69 Å². The van der Waals surface area contributed by atoms with Crippen LogP contribution in [0.5, 0.6) is 0 Å². The van der Waals surface area contributed by atoms with E-state index in [1.165, 1.54) is 11.3 Å². The number of anilines is 1. The van der Waals surface area contributed by atoms with Crippen LogP contribution in [0, 0.1) is 0 Å². The van der Waals surface area contributed by atoms with E-state index in [2.05, 4.69) is 30.4 Å². The molecule has 0 heterocycles. The van der Waals surface area contributed by atoms with E-state index in [-0.39, 0.29) is 12.1 Å². The first-order valence-electron chi connectivity index (χ1n) is 5.33. The second kappa shape index (κ2) is 4.01. The highest BCUT2D eigenvalue weighted by Gasteiger charge is 2.28. The summed E-state index contributed by atoms with van der Waals surface area (Å²) in [6.45, 7) is 2.15. The third-order valence-corrected chi connectivity index (χ3v) is 2.98. The van der Waals surface area contributed by atoms with Crippen molar-refractivity contribution in [3.63, 3.8) is 0 Å². The zero-order valence-corrected chi connectivity index (χ0v) is 8.53. The van der Waals surface area contributed by atoms with Crippen LogP contribution in [0.2, 0.25) is 0 Å². The molecule has 0 unspecified atom stereocenters. The number of benzene rings is 1. The molecule has 0 saturated heterocycles. The number of nitrogens with one attached hydrogen (secondary N) is 1. The smallest absolute Gasteiger partial charge is 0.0741 e. The van der Waals surface area contributed by atoms with Crippen LogP contribution in [0.15, 0.2) is 24.3 Å². The summed E-state index contributed by atoms with van der Waals surface area (Å²) < 4.78 is 0. The van der Waals surface area contributed by atoms with Crippen LogP contribution in [-0.4, -0.2) is 17.3 Å². The Kier molecular flexibility index (Phi) is 2.73. The lowest BCUT2D eigenvalue weighted by Crippen LogP contribution is -2.42. The predicted octanol–water partition coefficient (Wildman–Crippen LogP) is 2.18. The number of aliphatic hydroxyl groups is 1. The molecule has 2 nitrogen and oxygen atoms in total. The summed E-state index contributed by atoms with van der Waals surface area (Å²) in [5.41, 5.74) is 2.50. The van der Waals surface area contributed by atoms with Crippen molar-refractivity contribution in [1.82, 2.24) is 0 Å². The lowest BCUT2D eigenvalue weighted by molar-refractivity contribution is 0.0786. The molecule has 0 aromatic heterocycles. The average Bonchev–Trinajstić information content (AvgIpc) is 2.24. The fourth-order valence-corrected chi connectivity index (χ4v) is 1.82. The second-order valence-electron chi connectivity index (χ2n) is 3.91. The maximum atomic E-state index is 9.47. The number of hydrogen-bond acceptors (Lipinski definition) is 2. The zero-order valence-electron chi connectivity index (χ0n) is 8.53. The van der Waals surface area contributed by atoms with E-state index in [9.17, 15) is 5.11 Å². The lowest BCUT2D eigenvalue weighted by Gasteiger charge is -2.34. The molecule has 1 aromatic carbocycles. The summed E-state index contributed by atoms with van der Waals surface area (Å²) in [5.74, 6) is 0. The first-order valence-corrected chi connectivity index (χ1v) is 5.33. The molecule has 14 heavy (non-hydrogen) atoms. The number of aliphatic hydroxyl groups excluding tert-OH is 1. The molecule has 0 radical (unpaired) electrons. The average molecular weight is 191 g/mol. The molecular weight excluding hydrogens is 174 g/mol. The van der Waals surface area contributed by atoms with E-state index in [0.29, 0.717) is 0 Å². The van der Waals surface area contributed by atoms with Gasteiger partial charge in [-0.15, -0.1) is 0 Å². The van der Waals surface area contributed by atoms with Gasteiger partial charge in [0.2, 0.25) is 0 Å². The van der Waals surface area contributed by atoms with Crippen molar-refractivity contribution >= 4 is 5.69 Å². The van der Waals surface area contributed by atoms with Crippen molar-refractivity contribution in [2.24, 2.45) is 0 Å². The van der Waals surface area contributed by atoms with Gasteiger partial charge in [0.05, 0.1) is 12.1 Å². The minimum atomic E-state index is -0.153. The Morgan fingerprint density at radius 2 is 2.14 bits per heavy atom. The molecule has 2 heteroatoms. The SMILES string of the molecule is CCc1ccccc1N[C@@H]1CC[C@H]1O. The van der Waals surface area contributed by atoms with Gasteiger partial charge in [-0.05, 0) is 30.9 Å². The molecule has 1 aromatic rings. The molecule has 1 aliphatic carbocycles. The van der Waals surface area contributed by atoms with E-state index in [1.54, 1.807) is 0 Å². The highest BCUT2D eigenvalue weighted by molar-refractivity contribution is 5.52. The largest absolute Gasteiger partial charge is 0.391 e. The van der Waals surface area contributed by atoms with Crippen LogP contribution in [0.25, 0.3) is 0 Å². The molecule has 0 bridgehead atoms. The Hall–Kier alpha value is -1.02. The molecule has 2 atom stereocenters. The highest BCUT2D eigenvalue weighted by Crippen LogP contribution is 2.25. The quantitative estimate of drug-likeness (QED) is 0.767. The van der Waals surface area contributed by atoms with Gasteiger partial charge in [0.1, 0.15) is 0 Å². The Bertz CT molecular complexity index is 311. The Morgan fingerprint density at radius 3 is 2.71 bits per heavy atom. The summed E-state index contributed by atoms with van der Waals surface area (Å²) in [4.78, 5) is 0. The topological polar surface area (TPSA) is 32.3 Å². The fourth-order valence-electron chi connectivity index (χ4n) is 1.82. The monoisotopic (exact) mass is 191 g/mol. The Morgan fingerprint density at radius 1 is 1.36 bits per heavy atom. The molecule has 76 valence electrons. The van der Waals surface area contributed by atoms with Gasteiger partial charge in [-0.1, -0.05) is 25.1 Å². The first-order chi connectivity index (χ1) is 6.81. The number of para-hydroxylation sites is 1. The number of aryl methyl sites for hydroxylation is 1. The molecular formula is C12H17NO. The minimum absolute atomic E-state index is 0.153. The van der Waals surface area contributed by atoms with E-state index in [1.807, 2.05) is 6.07 Å². The molecule has 1 saturated carbocycles. The standard InChI is InChI=1S/C12H17NO/c1-2-9-5-3-4-6-10(9)13-11-7-8-12(11)14/h3-6,11-14H,2,7-8H2,1H3/t11-,12-/m1/s1. The van der Waals surface area contributed by atoms with Gasteiger partial charge in [0, 0.05) is 5.69 Å². The van der Waals surface area contributed by atoms with Crippen molar-refractivity contribution in [3.05, 3.63) is 29.8 Å². The molecule has 0 spiro atoms. The summed E-state index contributed by atoms with van der Waals surface area (Å²) in [5, 5.41) is 12.9. The van der Waals surface area contributed by atoms with E-state index < -0.39 is 0 Å². The van der Waals surface area contributed by atoms with Crippen LogP contribution in [0.1, 0.15) is 25.3 Å². The van der Waals surface area contributed by atoms with Gasteiger partial charge in [0.15, 0.2) is 0 Å². The summed E-state index contributed by atoms with van der Waals surface area (Å²) in [6, 6.07) is 8.58. The Balaban J connectivity index is 2.07. The van der Waals surface area contributed by atoms with Gasteiger partial charge >= 0.3 is 0 Å². The fraction of sp³-hybridized carbons (Fsp3) is 0.500. The molecule has 1 fully saturated rings. The highest BCUT2D eigenvalue weighted by atomic mass is 16.3. The molecule has 2 N–H and O–H groups in total. The van der Waals surface area contributed by atoms with Crippen molar-refractivity contribution in [2.75, 3.05) is 5.32 Å². The lowest BCUT2D eigenvalue weighted by atomic mass is 9.89. The van der Waals surface area contributed by atoms with Gasteiger partial charge in [-0.25, -0.2) is 0 Å². The molecule has 0 amide bonds. The van der Waals surface area contributed by atoms with Gasteiger partial charge in [-0.3, -0.25) is 0 Å². The first kappa shape index (κ1) is 9.53. The normalized spacial score (nSPS) is 25.6. The predicted molar refractivity (Wildman–Crippen MR) is 58.5 cm³/mol. The van der Waals surface area contributed by atoms with E-state index in [4.69, 9.17) is 0 Å². The molecule has 0 aliphatic heterocycles. The Labute approximate surface area is 85.0 Å². The molecule has 1 aliphatic rings. The summed E-state index contributed by atoms with van der Waals surface area (Å²) in [7, 11) is 0. The number of hydrogen-bond donors (Lipinski definition) is 2. The maximum Gasteiger partial charge on any atom is 0.0741 e. The number of rotatable bonds is 3. The zero-order chi connectivity index (χ0) is 9.97. The van der Waals surface area contributed by atoms with Crippen molar-refractivity contribution in [2.45, 2.75) is 38.3 Å². The van der Waals surface area contributed by atoms with Crippen LogP contribution in [-0.2, 0) is 6.42 Å². The van der Waals surface area contributed by atoms with Gasteiger partial charge in [-0.2, -0.15) is 0 Å². The van der Waals surface area contributed by atoms with E-state index >= 15 is 0 Å². The van der Waals surface area contributed by atoms with Crippen LogP contribution < -0.4 is 5.32 Å². The summed E-state index contributed by atoms with van der Waals surface area (Å²) in [6.07, 6.45) is 2.90. The van der Waals surface area contributed by atoms with Crippen molar-refractivity contribution in [1.29, 1.82) is 0 Å². The minimum Gasteiger partial charge on any atom is -0.391 e. The van der Waals surface area contributed by atoms with Gasteiger partial charge < -0.3 is 10.4 Å². The van der Waals surface area contributed by atoms with Crippen molar-refractivity contribution < 1.29 is 5.11 Å². The molecule has 2 rings (SSSR count). The summed E-state index contributed by atoms with van der Waals surface area (Å²) >= 11 is 0. The third kappa shape index (κ3) is 1.75. The van der Waals surface area contributed by atoms with Crippen LogP contribution in [0.3, 0.4) is 0 Å².